The lowest BCUT2D eigenvalue weighted by Crippen LogP contribution is -1.91. The number of rotatable bonds is 3. The molecule has 0 unspecified atom stereocenters. The van der Waals surface area contributed by atoms with E-state index in [-0.39, 0.29) is 11.5 Å². The van der Waals surface area contributed by atoms with Gasteiger partial charge in [-0.25, -0.2) is 0 Å². The molecule has 0 aliphatic carbocycles. The summed E-state index contributed by atoms with van der Waals surface area (Å²) < 4.78 is 0. The Bertz CT molecular complexity index is 538. The fraction of sp³-hybridized carbons (Fsp3) is 0. The van der Waals surface area contributed by atoms with Crippen LogP contribution in [0, 0.1) is 0 Å². The minimum Gasteiger partial charge on any atom is -0.507 e. The molecule has 0 saturated heterocycles. The van der Waals surface area contributed by atoms with Crippen LogP contribution in [0.3, 0.4) is 0 Å². The summed E-state index contributed by atoms with van der Waals surface area (Å²) in [5.74, 6) is 0.289. The molecule has 4 nitrogen and oxygen atoms in total. The van der Waals surface area contributed by atoms with Crippen LogP contribution >= 0.6 is 0 Å². The number of aromatic hydroxyl groups is 2. The highest BCUT2D eigenvalue weighted by molar-refractivity contribution is 5.83. The Labute approximate surface area is 98.9 Å². The van der Waals surface area contributed by atoms with Crippen LogP contribution in [0.5, 0.6) is 11.5 Å². The Morgan fingerprint density at radius 3 is 2.24 bits per heavy atom. The lowest BCUT2D eigenvalue weighted by atomic mass is 10.2. The number of phenolic OH excluding ortho intramolecular Hbond substituents is 2. The highest BCUT2D eigenvalue weighted by atomic mass is 16.3. The van der Waals surface area contributed by atoms with Crippen LogP contribution in [0.4, 0.5) is 5.69 Å². The van der Waals surface area contributed by atoms with Gasteiger partial charge in [0.1, 0.15) is 11.5 Å². The van der Waals surface area contributed by atoms with Gasteiger partial charge in [0, 0.05) is 5.56 Å². The van der Waals surface area contributed by atoms with Crippen molar-refractivity contribution in [3.63, 3.8) is 0 Å². The van der Waals surface area contributed by atoms with Crippen molar-refractivity contribution in [2.24, 2.45) is 5.10 Å². The molecule has 2 rings (SSSR count). The highest BCUT2D eigenvalue weighted by Crippen LogP contribution is 2.21. The molecule has 3 N–H and O–H groups in total. The SMILES string of the molecule is Oc1ccccc1/C=N\Nc1ccccc1O. The minimum absolute atomic E-state index is 0.127. The number of hydrogen-bond donors (Lipinski definition) is 3. The molecule has 0 saturated carbocycles. The quantitative estimate of drug-likeness (QED) is 0.429. The second-order valence-corrected chi connectivity index (χ2v) is 3.45. The maximum atomic E-state index is 9.49. The van der Waals surface area contributed by atoms with E-state index in [0.717, 1.165) is 0 Å². The van der Waals surface area contributed by atoms with Crippen molar-refractivity contribution in [3.8, 4) is 11.5 Å². The molecule has 0 fully saturated rings. The molecule has 0 aliphatic rings. The molecule has 0 aliphatic heterocycles. The molecule has 0 spiro atoms. The molecule has 0 aromatic heterocycles. The first-order chi connectivity index (χ1) is 8.27. The van der Waals surface area contributed by atoms with Crippen LogP contribution in [0.2, 0.25) is 0 Å². The second kappa shape index (κ2) is 5.03. The normalized spacial score (nSPS) is 10.6. The third kappa shape index (κ3) is 2.75. The lowest BCUT2D eigenvalue weighted by Gasteiger charge is -2.02. The summed E-state index contributed by atoms with van der Waals surface area (Å²) in [5, 5.41) is 22.9. The van der Waals surface area contributed by atoms with E-state index in [4.69, 9.17) is 0 Å². The molecule has 86 valence electrons. The minimum atomic E-state index is 0.127. The Morgan fingerprint density at radius 2 is 1.53 bits per heavy atom. The molecule has 0 amide bonds. The predicted molar refractivity (Wildman–Crippen MR) is 67.4 cm³/mol. The molecule has 0 atom stereocenters. The summed E-state index contributed by atoms with van der Waals surface area (Å²) in [7, 11) is 0. The van der Waals surface area contributed by atoms with Gasteiger partial charge < -0.3 is 10.2 Å². The van der Waals surface area contributed by atoms with Gasteiger partial charge in [-0.3, -0.25) is 5.43 Å². The van der Waals surface area contributed by atoms with Gasteiger partial charge in [-0.1, -0.05) is 24.3 Å². The zero-order valence-corrected chi connectivity index (χ0v) is 9.04. The topological polar surface area (TPSA) is 64.9 Å². The van der Waals surface area contributed by atoms with Crippen molar-refractivity contribution in [2.75, 3.05) is 5.43 Å². The largest absolute Gasteiger partial charge is 0.507 e. The summed E-state index contributed by atoms with van der Waals surface area (Å²) in [4.78, 5) is 0. The number of hydrogen-bond acceptors (Lipinski definition) is 4. The van der Waals surface area contributed by atoms with Crippen LogP contribution in [0.25, 0.3) is 0 Å². The fourth-order valence-corrected chi connectivity index (χ4v) is 1.34. The Kier molecular flexibility index (Phi) is 3.25. The van der Waals surface area contributed by atoms with Crippen LogP contribution in [-0.4, -0.2) is 16.4 Å². The average molecular weight is 228 g/mol. The zero-order valence-electron chi connectivity index (χ0n) is 9.04. The van der Waals surface area contributed by atoms with E-state index >= 15 is 0 Å². The van der Waals surface area contributed by atoms with Crippen molar-refractivity contribution < 1.29 is 10.2 Å². The molecule has 2 aromatic rings. The smallest absolute Gasteiger partial charge is 0.140 e. The van der Waals surface area contributed by atoms with Gasteiger partial charge >= 0.3 is 0 Å². The van der Waals surface area contributed by atoms with E-state index < -0.39 is 0 Å². The standard InChI is InChI=1S/C13H12N2O2/c16-12-7-3-1-5-10(12)9-14-15-11-6-2-4-8-13(11)17/h1-9,15-17H/b14-9-. The molecule has 2 aromatic carbocycles. The first-order valence-electron chi connectivity index (χ1n) is 5.12. The average Bonchev–Trinajstić information content (AvgIpc) is 2.34. The first-order valence-corrected chi connectivity index (χ1v) is 5.12. The van der Waals surface area contributed by atoms with Crippen molar-refractivity contribution in [1.82, 2.24) is 0 Å². The maximum Gasteiger partial charge on any atom is 0.140 e. The highest BCUT2D eigenvalue weighted by Gasteiger charge is 1.97. The monoisotopic (exact) mass is 228 g/mol. The molecule has 17 heavy (non-hydrogen) atoms. The van der Waals surface area contributed by atoms with Gasteiger partial charge in [0.2, 0.25) is 0 Å². The summed E-state index contributed by atoms with van der Waals surface area (Å²) in [6, 6.07) is 13.7. The predicted octanol–water partition coefficient (Wildman–Crippen LogP) is 2.54. The molecule has 4 heteroatoms. The van der Waals surface area contributed by atoms with Gasteiger partial charge in [0.05, 0.1) is 11.9 Å². The number of phenols is 2. The summed E-state index contributed by atoms with van der Waals surface area (Å²) in [5.41, 5.74) is 3.82. The number of para-hydroxylation sites is 3. The number of nitrogens with one attached hydrogen (secondary N) is 1. The van der Waals surface area contributed by atoms with Crippen LogP contribution < -0.4 is 5.43 Å². The summed E-state index contributed by atoms with van der Waals surface area (Å²) in [6.07, 6.45) is 1.49. The third-order valence-electron chi connectivity index (χ3n) is 2.23. The van der Waals surface area contributed by atoms with Gasteiger partial charge in [0.15, 0.2) is 0 Å². The maximum absolute atomic E-state index is 9.49. The number of hydrazone groups is 1. The Balaban J connectivity index is 2.09. The van der Waals surface area contributed by atoms with E-state index in [2.05, 4.69) is 10.5 Å². The number of nitrogens with zero attached hydrogens (tertiary/aromatic N) is 1. The number of benzene rings is 2. The van der Waals surface area contributed by atoms with E-state index in [1.54, 1.807) is 48.5 Å². The molecule has 0 bridgehead atoms. The van der Waals surface area contributed by atoms with E-state index in [9.17, 15) is 10.2 Å². The summed E-state index contributed by atoms with van der Waals surface area (Å²) in [6.45, 7) is 0. The molecule has 0 radical (unpaired) electrons. The number of anilines is 1. The Hall–Kier alpha value is -2.49. The van der Waals surface area contributed by atoms with Gasteiger partial charge in [-0.05, 0) is 24.3 Å². The van der Waals surface area contributed by atoms with E-state index in [1.165, 1.54) is 6.21 Å². The Morgan fingerprint density at radius 1 is 0.882 bits per heavy atom. The van der Waals surface area contributed by atoms with Gasteiger partial charge in [0.25, 0.3) is 0 Å². The lowest BCUT2D eigenvalue weighted by molar-refractivity contribution is 0.474. The summed E-state index contributed by atoms with van der Waals surface area (Å²) >= 11 is 0. The van der Waals surface area contributed by atoms with Crippen molar-refractivity contribution >= 4 is 11.9 Å². The van der Waals surface area contributed by atoms with E-state index in [0.29, 0.717) is 11.3 Å². The second-order valence-electron chi connectivity index (χ2n) is 3.45. The van der Waals surface area contributed by atoms with Gasteiger partial charge in [-0.2, -0.15) is 5.10 Å². The molecule has 0 heterocycles. The first kappa shape index (κ1) is 11.0. The third-order valence-corrected chi connectivity index (χ3v) is 2.23. The van der Waals surface area contributed by atoms with Crippen LogP contribution in [0.1, 0.15) is 5.56 Å². The van der Waals surface area contributed by atoms with Gasteiger partial charge in [-0.15, -0.1) is 0 Å². The molecular formula is C13H12N2O2. The fourth-order valence-electron chi connectivity index (χ4n) is 1.34. The van der Waals surface area contributed by atoms with Crippen LogP contribution in [0.15, 0.2) is 53.6 Å². The van der Waals surface area contributed by atoms with Crippen molar-refractivity contribution in [3.05, 3.63) is 54.1 Å². The van der Waals surface area contributed by atoms with Crippen LogP contribution in [-0.2, 0) is 0 Å². The van der Waals surface area contributed by atoms with Crippen molar-refractivity contribution in [2.45, 2.75) is 0 Å². The van der Waals surface area contributed by atoms with E-state index in [1.807, 2.05) is 0 Å². The van der Waals surface area contributed by atoms with Crippen molar-refractivity contribution in [1.29, 1.82) is 0 Å². The zero-order chi connectivity index (χ0) is 12.1. The molecular weight excluding hydrogens is 216 g/mol.